The molecule has 0 aromatic heterocycles. The van der Waals surface area contributed by atoms with E-state index in [1.165, 1.54) is 6.07 Å². The van der Waals surface area contributed by atoms with Crippen molar-refractivity contribution in [3.05, 3.63) is 59.9 Å². The second-order valence-corrected chi connectivity index (χ2v) is 3.89. The van der Waals surface area contributed by atoms with Crippen molar-refractivity contribution in [2.24, 2.45) is 5.73 Å². The highest BCUT2D eigenvalue weighted by molar-refractivity contribution is 5.35. The van der Waals surface area contributed by atoms with E-state index in [4.69, 9.17) is 10.5 Å². The van der Waals surface area contributed by atoms with Gasteiger partial charge in [0.1, 0.15) is 5.75 Å². The van der Waals surface area contributed by atoms with Crippen LogP contribution in [0.15, 0.2) is 48.5 Å². The van der Waals surface area contributed by atoms with Gasteiger partial charge in [0, 0.05) is 6.04 Å². The Bertz CT molecular complexity index is 497. The van der Waals surface area contributed by atoms with Crippen LogP contribution < -0.4 is 10.5 Å². The molecule has 1 atom stereocenters. The third-order valence-corrected chi connectivity index (χ3v) is 2.45. The third kappa shape index (κ3) is 2.82. The van der Waals surface area contributed by atoms with E-state index in [0.717, 1.165) is 5.56 Å². The fourth-order valence-corrected chi connectivity index (χ4v) is 1.50. The van der Waals surface area contributed by atoms with Gasteiger partial charge < -0.3 is 10.5 Å². The summed E-state index contributed by atoms with van der Waals surface area (Å²) in [6, 6.07) is 13.7. The van der Waals surface area contributed by atoms with Gasteiger partial charge in [-0.1, -0.05) is 24.3 Å². The van der Waals surface area contributed by atoms with Gasteiger partial charge in [0.05, 0.1) is 0 Å². The molecule has 88 valence electrons. The van der Waals surface area contributed by atoms with Crippen molar-refractivity contribution in [3.63, 3.8) is 0 Å². The second kappa shape index (κ2) is 4.97. The van der Waals surface area contributed by atoms with Crippen LogP contribution in [0, 0.1) is 5.82 Å². The molecule has 1 unspecified atom stereocenters. The molecule has 0 radical (unpaired) electrons. The minimum absolute atomic E-state index is 0.185. The summed E-state index contributed by atoms with van der Waals surface area (Å²) in [7, 11) is 0. The maximum Gasteiger partial charge on any atom is 0.166 e. The van der Waals surface area contributed by atoms with Gasteiger partial charge in [-0.25, -0.2) is 4.39 Å². The smallest absolute Gasteiger partial charge is 0.166 e. The average Bonchev–Trinajstić information content (AvgIpc) is 2.33. The van der Waals surface area contributed by atoms with Crippen LogP contribution in [0.1, 0.15) is 18.5 Å². The van der Waals surface area contributed by atoms with Gasteiger partial charge in [0.2, 0.25) is 0 Å². The molecule has 2 rings (SSSR count). The minimum atomic E-state index is -0.399. The molecule has 2 nitrogen and oxygen atoms in total. The summed E-state index contributed by atoms with van der Waals surface area (Å²) < 4.78 is 19.1. The van der Waals surface area contributed by atoms with E-state index in [-0.39, 0.29) is 11.8 Å². The lowest BCUT2D eigenvalue weighted by atomic mass is 10.1. The van der Waals surface area contributed by atoms with Gasteiger partial charge in [-0.05, 0) is 36.8 Å². The number of para-hydroxylation sites is 1. The van der Waals surface area contributed by atoms with Crippen LogP contribution in [0.2, 0.25) is 0 Å². The second-order valence-electron chi connectivity index (χ2n) is 3.89. The van der Waals surface area contributed by atoms with Gasteiger partial charge in [-0.2, -0.15) is 0 Å². The summed E-state index contributed by atoms with van der Waals surface area (Å²) in [6.07, 6.45) is 0. The van der Waals surface area contributed by atoms with Crippen molar-refractivity contribution in [1.82, 2.24) is 0 Å². The number of hydrogen-bond donors (Lipinski definition) is 1. The predicted molar refractivity (Wildman–Crippen MR) is 65.5 cm³/mol. The van der Waals surface area contributed by atoms with E-state index >= 15 is 0 Å². The molecule has 2 aromatic carbocycles. The Morgan fingerprint density at radius 3 is 2.41 bits per heavy atom. The standard InChI is InChI=1S/C14H14FNO/c1-10(16)11-7-8-14(13(15)9-11)17-12-5-3-2-4-6-12/h2-10H,16H2,1H3. The topological polar surface area (TPSA) is 35.2 Å². The maximum atomic E-state index is 13.7. The van der Waals surface area contributed by atoms with E-state index in [1.807, 2.05) is 25.1 Å². The highest BCUT2D eigenvalue weighted by Crippen LogP contribution is 2.26. The SMILES string of the molecule is CC(N)c1ccc(Oc2ccccc2)c(F)c1. The summed E-state index contributed by atoms with van der Waals surface area (Å²) in [6.45, 7) is 1.81. The molecule has 2 N–H and O–H groups in total. The number of rotatable bonds is 3. The van der Waals surface area contributed by atoms with Crippen molar-refractivity contribution in [1.29, 1.82) is 0 Å². The van der Waals surface area contributed by atoms with Crippen molar-refractivity contribution in [3.8, 4) is 11.5 Å². The Hall–Kier alpha value is -1.87. The Balaban J connectivity index is 2.23. The quantitative estimate of drug-likeness (QED) is 0.875. The minimum Gasteiger partial charge on any atom is -0.454 e. The Morgan fingerprint density at radius 1 is 1.12 bits per heavy atom. The van der Waals surface area contributed by atoms with Gasteiger partial charge >= 0.3 is 0 Å². The zero-order chi connectivity index (χ0) is 12.3. The molecule has 0 amide bonds. The normalized spacial score (nSPS) is 12.2. The van der Waals surface area contributed by atoms with E-state index in [2.05, 4.69) is 0 Å². The van der Waals surface area contributed by atoms with Crippen molar-refractivity contribution in [2.75, 3.05) is 0 Å². The van der Waals surface area contributed by atoms with Gasteiger partial charge in [-0.15, -0.1) is 0 Å². The Labute approximate surface area is 99.8 Å². The molecule has 0 aliphatic rings. The number of ether oxygens (including phenoxy) is 1. The van der Waals surface area contributed by atoms with Gasteiger partial charge in [0.25, 0.3) is 0 Å². The molecule has 0 bridgehead atoms. The van der Waals surface area contributed by atoms with Crippen LogP contribution in [0.3, 0.4) is 0 Å². The van der Waals surface area contributed by atoms with E-state index in [9.17, 15) is 4.39 Å². The number of nitrogens with two attached hydrogens (primary N) is 1. The van der Waals surface area contributed by atoms with Crippen molar-refractivity contribution >= 4 is 0 Å². The van der Waals surface area contributed by atoms with Crippen LogP contribution in [-0.2, 0) is 0 Å². The van der Waals surface area contributed by atoms with Crippen molar-refractivity contribution < 1.29 is 9.13 Å². The van der Waals surface area contributed by atoms with Crippen LogP contribution in [0.25, 0.3) is 0 Å². The molecule has 2 aromatic rings. The lowest BCUT2D eigenvalue weighted by Gasteiger charge is -2.10. The van der Waals surface area contributed by atoms with Crippen molar-refractivity contribution in [2.45, 2.75) is 13.0 Å². The summed E-state index contributed by atoms with van der Waals surface area (Å²) in [5.74, 6) is 0.421. The summed E-state index contributed by atoms with van der Waals surface area (Å²) in [4.78, 5) is 0. The molecule has 0 heterocycles. The first kappa shape index (κ1) is 11.6. The monoisotopic (exact) mass is 231 g/mol. The molecule has 3 heteroatoms. The molecule has 17 heavy (non-hydrogen) atoms. The van der Waals surface area contributed by atoms with E-state index in [0.29, 0.717) is 5.75 Å². The zero-order valence-electron chi connectivity index (χ0n) is 9.56. The summed E-state index contributed by atoms with van der Waals surface area (Å²) in [5, 5.41) is 0. The first-order chi connectivity index (χ1) is 8.16. The molecular weight excluding hydrogens is 217 g/mol. The number of benzene rings is 2. The fourth-order valence-electron chi connectivity index (χ4n) is 1.50. The Kier molecular flexibility index (Phi) is 3.40. The highest BCUT2D eigenvalue weighted by Gasteiger charge is 2.07. The van der Waals surface area contributed by atoms with Crippen LogP contribution in [-0.4, -0.2) is 0 Å². The molecule has 0 saturated heterocycles. The number of hydrogen-bond acceptors (Lipinski definition) is 2. The van der Waals surface area contributed by atoms with E-state index < -0.39 is 5.82 Å². The Morgan fingerprint density at radius 2 is 1.82 bits per heavy atom. The first-order valence-corrected chi connectivity index (χ1v) is 5.45. The lowest BCUT2D eigenvalue weighted by Crippen LogP contribution is -2.05. The van der Waals surface area contributed by atoms with Crippen LogP contribution in [0.4, 0.5) is 4.39 Å². The summed E-state index contributed by atoms with van der Waals surface area (Å²) >= 11 is 0. The molecule has 0 saturated carbocycles. The maximum absolute atomic E-state index is 13.7. The van der Waals surface area contributed by atoms with E-state index in [1.54, 1.807) is 24.3 Å². The molecular formula is C14H14FNO. The summed E-state index contributed by atoms with van der Waals surface area (Å²) in [5.41, 5.74) is 6.43. The van der Waals surface area contributed by atoms with Crippen LogP contribution in [0.5, 0.6) is 11.5 Å². The van der Waals surface area contributed by atoms with Gasteiger partial charge in [-0.3, -0.25) is 0 Å². The average molecular weight is 231 g/mol. The van der Waals surface area contributed by atoms with Crippen LogP contribution >= 0.6 is 0 Å². The molecule has 0 aliphatic carbocycles. The third-order valence-electron chi connectivity index (χ3n) is 2.45. The first-order valence-electron chi connectivity index (χ1n) is 5.45. The highest BCUT2D eigenvalue weighted by atomic mass is 19.1. The zero-order valence-corrected chi connectivity index (χ0v) is 9.56. The number of halogens is 1. The molecule has 0 spiro atoms. The largest absolute Gasteiger partial charge is 0.454 e. The van der Waals surface area contributed by atoms with Gasteiger partial charge in [0.15, 0.2) is 11.6 Å². The molecule has 0 aliphatic heterocycles. The lowest BCUT2D eigenvalue weighted by molar-refractivity contribution is 0.441. The molecule has 0 fully saturated rings. The predicted octanol–water partition coefficient (Wildman–Crippen LogP) is 3.64. The fraction of sp³-hybridized carbons (Fsp3) is 0.143.